The number of methoxy groups -OCH3 is 1. The van der Waals surface area contributed by atoms with Crippen LogP contribution in [0.3, 0.4) is 0 Å². The van der Waals surface area contributed by atoms with Crippen molar-refractivity contribution in [3.8, 4) is 12.3 Å². The van der Waals surface area contributed by atoms with E-state index in [4.69, 9.17) is 25.4 Å². The van der Waals surface area contributed by atoms with Gasteiger partial charge in [0.1, 0.15) is 19.0 Å². The molecule has 0 amide bonds. The summed E-state index contributed by atoms with van der Waals surface area (Å²) in [7, 11) is 1.52. The third kappa shape index (κ3) is 4.15. The fraction of sp³-hybridized carbons (Fsp3) is 0.615. The van der Waals surface area contributed by atoms with Gasteiger partial charge in [-0.2, -0.15) is 0 Å². The van der Waals surface area contributed by atoms with E-state index in [1.54, 1.807) is 6.92 Å². The van der Waals surface area contributed by atoms with Crippen molar-refractivity contribution in [2.75, 3.05) is 20.5 Å². The third-order valence-corrected chi connectivity index (χ3v) is 2.47. The Morgan fingerprint density at radius 1 is 1.61 bits per heavy atom. The van der Waals surface area contributed by atoms with E-state index < -0.39 is 5.97 Å². The number of ether oxygens (including phenoxy) is 4. The Labute approximate surface area is 107 Å². The summed E-state index contributed by atoms with van der Waals surface area (Å²) in [6.45, 7) is 5.84. The molecule has 0 aromatic heterocycles. The van der Waals surface area contributed by atoms with Gasteiger partial charge in [-0.05, 0) is 6.92 Å². The molecule has 1 saturated heterocycles. The van der Waals surface area contributed by atoms with Crippen LogP contribution < -0.4 is 0 Å². The smallest absolute Gasteiger partial charge is 0.333 e. The highest BCUT2D eigenvalue weighted by Crippen LogP contribution is 2.30. The second-order valence-corrected chi connectivity index (χ2v) is 3.83. The molecule has 3 atom stereocenters. The first kappa shape index (κ1) is 14.7. The molecular weight excluding hydrogens is 236 g/mol. The average Bonchev–Trinajstić information content (AvgIpc) is 3.13. The molecule has 5 heteroatoms. The fourth-order valence-electron chi connectivity index (χ4n) is 1.53. The van der Waals surface area contributed by atoms with Crippen molar-refractivity contribution in [1.29, 1.82) is 0 Å². The van der Waals surface area contributed by atoms with E-state index >= 15 is 0 Å². The average molecular weight is 254 g/mol. The van der Waals surface area contributed by atoms with Gasteiger partial charge in [0.15, 0.2) is 0 Å². The number of carbonyl (C=O) groups is 1. The highest BCUT2D eigenvalue weighted by molar-refractivity contribution is 5.87. The number of epoxide rings is 1. The molecule has 1 fully saturated rings. The zero-order valence-corrected chi connectivity index (χ0v) is 10.7. The van der Waals surface area contributed by atoms with Crippen molar-refractivity contribution in [2.24, 2.45) is 0 Å². The molecule has 0 aromatic carbocycles. The minimum absolute atomic E-state index is 0.109. The van der Waals surface area contributed by atoms with Gasteiger partial charge in [-0.15, -0.1) is 6.42 Å². The van der Waals surface area contributed by atoms with E-state index in [9.17, 15) is 4.79 Å². The zero-order valence-electron chi connectivity index (χ0n) is 10.7. The molecular formula is C13H18O5. The van der Waals surface area contributed by atoms with Crippen molar-refractivity contribution in [3.05, 3.63) is 12.2 Å². The van der Waals surface area contributed by atoms with Crippen LogP contribution in [-0.2, 0) is 23.7 Å². The van der Waals surface area contributed by atoms with Gasteiger partial charge in [0.25, 0.3) is 0 Å². The van der Waals surface area contributed by atoms with Crippen LogP contribution in [0.5, 0.6) is 0 Å². The fourth-order valence-corrected chi connectivity index (χ4v) is 1.53. The summed E-state index contributed by atoms with van der Waals surface area (Å²) in [6.07, 6.45) is 4.75. The normalized spacial score (nSPS) is 22.9. The van der Waals surface area contributed by atoms with Gasteiger partial charge in [-0.1, -0.05) is 12.5 Å². The van der Waals surface area contributed by atoms with Gasteiger partial charge in [-0.25, -0.2) is 4.79 Å². The summed E-state index contributed by atoms with van der Waals surface area (Å²) >= 11 is 0. The van der Waals surface area contributed by atoms with E-state index in [1.807, 2.05) is 0 Å². The van der Waals surface area contributed by atoms with Gasteiger partial charge in [-0.3, -0.25) is 0 Å². The van der Waals surface area contributed by atoms with Crippen molar-refractivity contribution in [1.82, 2.24) is 0 Å². The summed E-state index contributed by atoms with van der Waals surface area (Å²) in [5, 5.41) is 0. The molecule has 0 aromatic rings. The molecule has 0 aliphatic carbocycles. The molecule has 0 saturated carbocycles. The van der Waals surface area contributed by atoms with Gasteiger partial charge >= 0.3 is 5.97 Å². The molecule has 0 unspecified atom stereocenters. The first-order chi connectivity index (χ1) is 8.63. The lowest BCUT2D eigenvalue weighted by atomic mass is 10.1. The first-order valence-corrected chi connectivity index (χ1v) is 5.71. The van der Waals surface area contributed by atoms with E-state index in [-0.39, 0.29) is 25.1 Å². The van der Waals surface area contributed by atoms with Crippen LogP contribution in [0, 0.1) is 12.3 Å². The Hall–Kier alpha value is -1.35. The van der Waals surface area contributed by atoms with E-state index in [1.165, 1.54) is 7.11 Å². The van der Waals surface area contributed by atoms with E-state index in [0.29, 0.717) is 18.6 Å². The SMILES string of the molecule is C#C[C@H]1O[C@H]1[C@@H](CC(=C)C(=O)OCC)OCOC. The van der Waals surface area contributed by atoms with Crippen LogP contribution in [0.1, 0.15) is 13.3 Å². The van der Waals surface area contributed by atoms with Gasteiger partial charge < -0.3 is 18.9 Å². The molecule has 0 bridgehead atoms. The molecule has 0 spiro atoms. The molecule has 18 heavy (non-hydrogen) atoms. The Balaban J connectivity index is 2.48. The summed E-state index contributed by atoms with van der Waals surface area (Å²) in [4.78, 5) is 11.5. The Bertz CT molecular complexity index is 344. The Kier molecular flexibility index (Phi) is 5.86. The lowest BCUT2D eigenvalue weighted by Gasteiger charge is -2.15. The molecule has 5 nitrogen and oxygen atoms in total. The molecule has 1 rings (SSSR count). The maximum atomic E-state index is 11.5. The molecule has 1 aliphatic rings. The second-order valence-electron chi connectivity index (χ2n) is 3.83. The number of hydrogen-bond donors (Lipinski definition) is 0. The van der Waals surface area contributed by atoms with Crippen molar-refractivity contribution < 1.29 is 23.7 Å². The maximum Gasteiger partial charge on any atom is 0.333 e. The minimum atomic E-state index is -0.429. The molecule has 1 aliphatic heterocycles. The summed E-state index contributed by atoms with van der Waals surface area (Å²) in [5.74, 6) is 2.06. The summed E-state index contributed by atoms with van der Waals surface area (Å²) < 4.78 is 20.4. The summed E-state index contributed by atoms with van der Waals surface area (Å²) in [6, 6.07) is 0. The number of hydrogen-bond acceptors (Lipinski definition) is 5. The van der Waals surface area contributed by atoms with E-state index in [0.717, 1.165) is 0 Å². The number of carbonyl (C=O) groups excluding carboxylic acids is 1. The predicted molar refractivity (Wildman–Crippen MR) is 64.6 cm³/mol. The molecule has 0 N–H and O–H groups in total. The van der Waals surface area contributed by atoms with Gasteiger partial charge in [0.05, 0.1) is 12.7 Å². The molecule has 1 heterocycles. The van der Waals surface area contributed by atoms with Crippen molar-refractivity contribution in [3.63, 3.8) is 0 Å². The molecule has 0 radical (unpaired) electrons. The van der Waals surface area contributed by atoms with Crippen LogP contribution in [0.25, 0.3) is 0 Å². The predicted octanol–water partition coefficient (Wildman–Crippen LogP) is 0.885. The van der Waals surface area contributed by atoms with Crippen LogP contribution in [0.15, 0.2) is 12.2 Å². The van der Waals surface area contributed by atoms with Gasteiger partial charge in [0.2, 0.25) is 0 Å². The highest BCUT2D eigenvalue weighted by atomic mass is 16.7. The van der Waals surface area contributed by atoms with Gasteiger partial charge in [0, 0.05) is 19.1 Å². The van der Waals surface area contributed by atoms with Crippen LogP contribution in [0.2, 0.25) is 0 Å². The largest absolute Gasteiger partial charge is 0.463 e. The van der Waals surface area contributed by atoms with Crippen LogP contribution in [-0.4, -0.2) is 44.8 Å². The lowest BCUT2D eigenvalue weighted by molar-refractivity contribution is -0.139. The van der Waals surface area contributed by atoms with Crippen molar-refractivity contribution >= 4 is 5.97 Å². The number of esters is 1. The topological polar surface area (TPSA) is 57.3 Å². The highest BCUT2D eigenvalue weighted by Gasteiger charge is 2.45. The van der Waals surface area contributed by atoms with Crippen LogP contribution in [0.4, 0.5) is 0 Å². The minimum Gasteiger partial charge on any atom is -0.463 e. The standard InChI is InChI=1S/C13H18O5/c1-5-10-12(18-10)11(17-8-15-4)7-9(3)13(14)16-6-2/h1,10-12H,3,6-8H2,2,4H3/t10-,11-,12-/m1/s1. The number of terminal acetylenes is 1. The third-order valence-electron chi connectivity index (χ3n) is 2.47. The summed E-state index contributed by atoms with van der Waals surface area (Å²) in [5.41, 5.74) is 0.337. The lowest BCUT2D eigenvalue weighted by Crippen LogP contribution is -2.25. The Morgan fingerprint density at radius 3 is 2.83 bits per heavy atom. The monoisotopic (exact) mass is 254 g/mol. The van der Waals surface area contributed by atoms with Crippen LogP contribution >= 0.6 is 0 Å². The number of rotatable bonds is 8. The second kappa shape index (κ2) is 7.17. The molecule has 100 valence electrons. The van der Waals surface area contributed by atoms with E-state index in [2.05, 4.69) is 12.5 Å². The quantitative estimate of drug-likeness (QED) is 0.212. The maximum absolute atomic E-state index is 11.5. The zero-order chi connectivity index (χ0) is 13.5. The first-order valence-electron chi connectivity index (χ1n) is 5.71. The van der Waals surface area contributed by atoms with Crippen molar-refractivity contribution in [2.45, 2.75) is 31.7 Å². The Morgan fingerprint density at radius 2 is 2.33 bits per heavy atom.